The van der Waals surface area contributed by atoms with Gasteiger partial charge < -0.3 is 14.2 Å². The maximum atomic E-state index is 5.25. The summed E-state index contributed by atoms with van der Waals surface area (Å²) in [5.74, 6) is 2.14. The maximum absolute atomic E-state index is 5.25. The van der Waals surface area contributed by atoms with Crippen LogP contribution in [0.25, 0.3) is 6.08 Å². The molecule has 0 aliphatic carbocycles. The molecular formula is C12H16O3Pb. The van der Waals surface area contributed by atoms with Crippen molar-refractivity contribution in [2.24, 2.45) is 0 Å². The fraction of sp³-hybridized carbons (Fsp3) is 0.333. The Kier molecular flexibility index (Phi) is 7.20. The van der Waals surface area contributed by atoms with Crippen molar-refractivity contribution in [1.82, 2.24) is 0 Å². The Labute approximate surface area is 117 Å². The van der Waals surface area contributed by atoms with E-state index in [9.17, 15) is 0 Å². The summed E-state index contributed by atoms with van der Waals surface area (Å²) in [7, 11) is 4.85. The molecule has 0 saturated heterocycles. The van der Waals surface area contributed by atoms with Crippen LogP contribution in [0.1, 0.15) is 12.5 Å². The van der Waals surface area contributed by atoms with Gasteiger partial charge in [0.25, 0.3) is 0 Å². The van der Waals surface area contributed by atoms with E-state index in [0.717, 1.165) is 11.3 Å². The summed E-state index contributed by atoms with van der Waals surface area (Å²) in [4.78, 5) is 0. The SMILES string of the molecule is C/C=C/c1cc(OC)c(OC)cc1OC.[Pb]. The van der Waals surface area contributed by atoms with Gasteiger partial charge in [-0.1, -0.05) is 12.2 Å². The largest absolute Gasteiger partial charge is 0.496 e. The number of methoxy groups -OCH3 is 3. The van der Waals surface area contributed by atoms with Gasteiger partial charge in [0.1, 0.15) is 5.75 Å². The molecule has 0 aliphatic rings. The third-order valence-electron chi connectivity index (χ3n) is 2.08. The molecule has 0 amide bonds. The van der Waals surface area contributed by atoms with Crippen molar-refractivity contribution in [3.8, 4) is 17.2 Å². The second-order valence-corrected chi connectivity index (χ2v) is 2.95. The quantitative estimate of drug-likeness (QED) is 0.707. The molecule has 0 aliphatic heterocycles. The van der Waals surface area contributed by atoms with Gasteiger partial charge in [-0.15, -0.1) is 0 Å². The van der Waals surface area contributed by atoms with Crippen LogP contribution in [0.15, 0.2) is 18.2 Å². The average molecular weight is 415 g/mol. The van der Waals surface area contributed by atoms with Crippen LogP contribution < -0.4 is 14.2 Å². The Balaban J connectivity index is 0.00000225. The van der Waals surface area contributed by atoms with E-state index in [4.69, 9.17) is 14.2 Å². The molecular weight excluding hydrogens is 399 g/mol. The molecule has 0 atom stereocenters. The molecule has 0 aromatic heterocycles. The van der Waals surface area contributed by atoms with Crippen LogP contribution in [0.4, 0.5) is 0 Å². The van der Waals surface area contributed by atoms with Crippen LogP contribution in [0.3, 0.4) is 0 Å². The van der Waals surface area contributed by atoms with Crippen molar-refractivity contribution in [3.05, 3.63) is 23.8 Å². The molecule has 0 bridgehead atoms. The number of hydrogen-bond donors (Lipinski definition) is 0. The first-order valence-electron chi connectivity index (χ1n) is 4.69. The first-order valence-corrected chi connectivity index (χ1v) is 4.69. The molecule has 1 aromatic carbocycles. The molecule has 0 fully saturated rings. The Morgan fingerprint density at radius 3 is 1.81 bits per heavy atom. The summed E-state index contributed by atoms with van der Waals surface area (Å²) in [5.41, 5.74) is 0.970. The van der Waals surface area contributed by atoms with E-state index in [1.807, 2.05) is 31.2 Å². The van der Waals surface area contributed by atoms with Gasteiger partial charge in [0.15, 0.2) is 11.5 Å². The fourth-order valence-electron chi connectivity index (χ4n) is 1.36. The summed E-state index contributed by atoms with van der Waals surface area (Å²) >= 11 is 0. The van der Waals surface area contributed by atoms with Crippen molar-refractivity contribution in [3.63, 3.8) is 0 Å². The first kappa shape index (κ1) is 15.3. The van der Waals surface area contributed by atoms with Gasteiger partial charge in [0.05, 0.1) is 21.3 Å². The van der Waals surface area contributed by atoms with Crippen LogP contribution in [-0.4, -0.2) is 48.6 Å². The van der Waals surface area contributed by atoms with Gasteiger partial charge in [-0.05, 0) is 13.0 Å². The molecule has 3 nitrogen and oxygen atoms in total. The van der Waals surface area contributed by atoms with E-state index in [1.165, 1.54) is 0 Å². The topological polar surface area (TPSA) is 27.7 Å². The third-order valence-corrected chi connectivity index (χ3v) is 2.08. The summed E-state index contributed by atoms with van der Waals surface area (Å²) < 4.78 is 15.6. The number of benzene rings is 1. The van der Waals surface area contributed by atoms with E-state index in [0.29, 0.717) is 11.5 Å². The van der Waals surface area contributed by atoms with Gasteiger partial charge in [-0.25, -0.2) is 0 Å². The smallest absolute Gasteiger partial charge is 0.164 e. The second-order valence-electron chi connectivity index (χ2n) is 2.95. The normalized spacial score (nSPS) is 9.75. The molecule has 1 rings (SSSR count). The van der Waals surface area contributed by atoms with Gasteiger partial charge in [-0.3, -0.25) is 0 Å². The summed E-state index contributed by atoms with van der Waals surface area (Å²) in [6.07, 6.45) is 3.91. The van der Waals surface area contributed by atoms with E-state index in [2.05, 4.69) is 0 Å². The summed E-state index contributed by atoms with van der Waals surface area (Å²) in [6.45, 7) is 1.95. The molecule has 86 valence electrons. The minimum atomic E-state index is 0. The number of rotatable bonds is 4. The zero-order valence-corrected chi connectivity index (χ0v) is 13.9. The van der Waals surface area contributed by atoms with E-state index < -0.39 is 0 Å². The van der Waals surface area contributed by atoms with Gasteiger partial charge in [0, 0.05) is 38.9 Å². The maximum Gasteiger partial charge on any atom is 0.164 e. The van der Waals surface area contributed by atoms with E-state index in [1.54, 1.807) is 21.3 Å². The van der Waals surface area contributed by atoms with Crippen LogP contribution in [0.2, 0.25) is 0 Å². The molecule has 1 aromatic rings. The Morgan fingerprint density at radius 2 is 1.38 bits per heavy atom. The van der Waals surface area contributed by atoms with Crippen LogP contribution in [0.5, 0.6) is 17.2 Å². The standard InChI is InChI=1S/C12H16O3.Pb/c1-5-6-9-7-11(14-3)12(15-4)8-10(9)13-2;/h5-8H,1-4H3;/b6-5+;. The number of allylic oxidation sites excluding steroid dienone is 1. The Bertz CT molecular complexity index is 362. The minimum Gasteiger partial charge on any atom is -0.496 e. The average Bonchev–Trinajstić information content (AvgIpc) is 2.28. The molecule has 4 heteroatoms. The summed E-state index contributed by atoms with van der Waals surface area (Å²) in [6, 6.07) is 3.70. The predicted molar refractivity (Wildman–Crippen MR) is 66.6 cm³/mol. The van der Waals surface area contributed by atoms with Crippen molar-refractivity contribution < 1.29 is 14.2 Å². The second kappa shape index (κ2) is 7.54. The number of ether oxygens (including phenoxy) is 3. The van der Waals surface area contributed by atoms with Crippen molar-refractivity contribution in [2.45, 2.75) is 6.92 Å². The van der Waals surface area contributed by atoms with Crippen LogP contribution in [-0.2, 0) is 0 Å². The molecule has 0 saturated carbocycles. The Morgan fingerprint density at radius 1 is 0.875 bits per heavy atom. The zero-order chi connectivity index (χ0) is 11.3. The van der Waals surface area contributed by atoms with Crippen LogP contribution in [0, 0.1) is 0 Å². The predicted octanol–water partition coefficient (Wildman–Crippen LogP) is 2.36. The van der Waals surface area contributed by atoms with Crippen molar-refractivity contribution in [2.75, 3.05) is 21.3 Å². The van der Waals surface area contributed by atoms with Gasteiger partial charge >= 0.3 is 0 Å². The van der Waals surface area contributed by atoms with Crippen LogP contribution >= 0.6 is 0 Å². The summed E-state index contributed by atoms with van der Waals surface area (Å²) in [5, 5.41) is 0. The van der Waals surface area contributed by atoms with E-state index in [-0.39, 0.29) is 27.3 Å². The molecule has 0 unspecified atom stereocenters. The molecule has 16 heavy (non-hydrogen) atoms. The van der Waals surface area contributed by atoms with Gasteiger partial charge in [0.2, 0.25) is 0 Å². The zero-order valence-electron chi connectivity index (χ0n) is 10.0. The molecule has 0 heterocycles. The van der Waals surface area contributed by atoms with Crippen molar-refractivity contribution >= 4 is 33.4 Å². The van der Waals surface area contributed by atoms with Crippen molar-refractivity contribution in [1.29, 1.82) is 0 Å². The molecule has 4 radical (unpaired) electrons. The molecule has 0 spiro atoms. The van der Waals surface area contributed by atoms with Gasteiger partial charge in [-0.2, -0.15) is 0 Å². The monoisotopic (exact) mass is 416 g/mol. The fourth-order valence-corrected chi connectivity index (χ4v) is 1.36. The first-order chi connectivity index (χ1) is 7.26. The molecule has 0 N–H and O–H groups in total. The van der Waals surface area contributed by atoms with E-state index >= 15 is 0 Å². The number of hydrogen-bond acceptors (Lipinski definition) is 3. The minimum absolute atomic E-state index is 0. The Hall–Kier alpha value is -0.718. The third kappa shape index (κ3) is 3.40.